The number of nitrogens with zero attached hydrogens (tertiary/aromatic N) is 4. The molecule has 2 aromatic heterocycles. The highest BCUT2D eigenvalue weighted by Gasteiger charge is 2.28. The van der Waals surface area contributed by atoms with E-state index in [0.717, 1.165) is 44.1 Å². The van der Waals surface area contributed by atoms with Crippen molar-refractivity contribution in [3.05, 3.63) is 121 Å². The number of aliphatic imine (C=N–C) groups is 2. The Morgan fingerprint density at radius 1 is 0.478 bits per heavy atom. The van der Waals surface area contributed by atoms with Crippen molar-refractivity contribution in [2.45, 2.75) is 38.8 Å². The Morgan fingerprint density at radius 2 is 0.957 bits per heavy atom. The van der Waals surface area contributed by atoms with E-state index < -0.39 is 0 Å². The van der Waals surface area contributed by atoms with Crippen LogP contribution in [0.3, 0.4) is 0 Å². The van der Waals surface area contributed by atoms with E-state index in [4.69, 9.17) is 20.0 Å². The summed E-state index contributed by atoms with van der Waals surface area (Å²) >= 11 is 3.58. The highest BCUT2D eigenvalue weighted by molar-refractivity contribution is 8.15. The summed E-state index contributed by atoms with van der Waals surface area (Å²) in [6.07, 6.45) is 4.05. The molecular formula is C40H34N4S2. The van der Waals surface area contributed by atoms with Gasteiger partial charge in [0.25, 0.3) is 0 Å². The molecule has 0 saturated carbocycles. The number of hydrogen-bond donors (Lipinski definition) is 0. The van der Waals surface area contributed by atoms with Crippen molar-refractivity contribution in [3.8, 4) is 33.4 Å². The van der Waals surface area contributed by atoms with Crippen LogP contribution in [-0.2, 0) is 0 Å². The van der Waals surface area contributed by atoms with E-state index in [2.05, 4.69) is 125 Å². The molecule has 6 aromatic rings. The molecule has 4 aromatic carbocycles. The highest BCUT2D eigenvalue weighted by Crippen LogP contribution is 2.45. The van der Waals surface area contributed by atoms with Crippen molar-refractivity contribution in [1.29, 1.82) is 0 Å². The summed E-state index contributed by atoms with van der Waals surface area (Å²) in [4.78, 5) is 19.7. The monoisotopic (exact) mass is 634 g/mol. The Hall–Kier alpha value is -4.26. The number of rotatable bonds is 5. The SMILES string of the molecule is CC1(C)CSC(c2ccc(-c3c4ccccc4c(-c4ccc(C5=NC(C)(C)CS5)nc4)c4cc(-c5ccccc5)ccc34)cn2)=N1. The van der Waals surface area contributed by atoms with Gasteiger partial charge in [0, 0.05) is 35.0 Å². The second-order valence-corrected chi connectivity index (χ2v) is 15.3. The predicted molar refractivity (Wildman–Crippen MR) is 199 cm³/mol. The fourth-order valence-electron chi connectivity index (χ4n) is 6.38. The second-order valence-electron chi connectivity index (χ2n) is 13.3. The first-order valence-electron chi connectivity index (χ1n) is 15.7. The molecule has 2 aliphatic heterocycles. The molecular weight excluding hydrogens is 601 g/mol. The van der Waals surface area contributed by atoms with Crippen molar-refractivity contribution in [1.82, 2.24) is 9.97 Å². The van der Waals surface area contributed by atoms with Gasteiger partial charge in [-0.1, -0.05) is 78.9 Å². The van der Waals surface area contributed by atoms with Crippen molar-refractivity contribution in [2.24, 2.45) is 9.98 Å². The summed E-state index contributed by atoms with van der Waals surface area (Å²) in [6, 6.07) is 34.9. The van der Waals surface area contributed by atoms with Gasteiger partial charge >= 0.3 is 0 Å². The zero-order chi connectivity index (χ0) is 31.5. The van der Waals surface area contributed by atoms with E-state index in [1.54, 1.807) is 23.5 Å². The summed E-state index contributed by atoms with van der Waals surface area (Å²) in [6.45, 7) is 8.71. The summed E-state index contributed by atoms with van der Waals surface area (Å²) in [5.41, 5.74) is 8.73. The zero-order valence-electron chi connectivity index (χ0n) is 26.4. The summed E-state index contributed by atoms with van der Waals surface area (Å²) in [5.74, 6) is 1.96. The van der Waals surface area contributed by atoms with Crippen LogP contribution in [0.5, 0.6) is 0 Å². The number of pyridine rings is 2. The molecule has 0 bridgehead atoms. The molecule has 4 heterocycles. The fourth-order valence-corrected chi connectivity index (χ4v) is 8.65. The first-order chi connectivity index (χ1) is 22.2. The van der Waals surface area contributed by atoms with Crippen molar-refractivity contribution >= 4 is 55.2 Å². The minimum Gasteiger partial charge on any atom is -0.269 e. The summed E-state index contributed by atoms with van der Waals surface area (Å²) in [5, 5.41) is 6.82. The van der Waals surface area contributed by atoms with Gasteiger partial charge in [0.2, 0.25) is 0 Å². The van der Waals surface area contributed by atoms with E-state index >= 15 is 0 Å². The lowest BCUT2D eigenvalue weighted by molar-refractivity contribution is 0.604. The molecule has 0 spiro atoms. The van der Waals surface area contributed by atoms with Gasteiger partial charge in [-0.05, 0) is 89.7 Å². The maximum absolute atomic E-state index is 4.96. The lowest BCUT2D eigenvalue weighted by Gasteiger charge is -2.18. The Bertz CT molecular complexity index is 2180. The lowest BCUT2D eigenvalue weighted by Crippen LogP contribution is -2.15. The van der Waals surface area contributed by atoms with Crippen LogP contribution in [0.15, 0.2) is 119 Å². The minimum atomic E-state index is -0.0521. The Balaban J connectivity index is 1.34. The van der Waals surface area contributed by atoms with E-state index in [0.29, 0.717) is 0 Å². The first-order valence-corrected chi connectivity index (χ1v) is 17.6. The maximum Gasteiger partial charge on any atom is 0.117 e. The molecule has 0 unspecified atom stereocenters. The third-order valence-electron chi connectivity index (χ3n) is 8.61. The van der Waals surface area contributed by atoms with Gasteiger partial charge < -0.3 is 0 Å². The van der Waals surface area contributed by atoms with Gasteiger partial charge in [-0.15, -0.1) is 23.5 Å². The van der Waals surface area contributed by atoms with Crippen molar-refractivity contribution in [3.63, 3.8) is 0 Å². The molecule has 0 fully saturated rings. The third kappa shape index (κ3) is 5.33. The van der Waals surface area contributed by atoms with Gasteiger partial charge in [0.15, 0.2) is 0 Å². The normalized spacial score (nSPS) is 17.0. The van der Waals surface area contributed by atoms with Gasteiger partial charge in [-0.25, -0.2) is 0 Å². The van der Waals surface area contributed by atoms with Crippen molar-refractivity contribution in [2.75, 3.05) is 11.5 Å². The van der Waals surface area contributed by atoms with Gasteiger partial charge in [0.05, 0.1) is 22.5 Å². The molecule has 2 aliphatic rings. The molecule has 226 valence electrons. The second kappa shape index (κ2) is 11.2. The first kappa shape index (κ1) is 29.2. The lowest BCUT2D eigenvalue weighted by atomic mass is 9.85. The van der Waals surface area contributed by atoms with Crippen molar-refractivity contribution < 1.29 is 0 Å². The molecule has 6 heteroatoms. The van der Waals surface area contributed by atoms with Crippen LogP contribution >= 0.6 is 23.5 Å². The largest absolute Gasteiger partial charge is 0.269 e. The number of benzene rings is 4. The number of aromatic nitrogens is 2. The van der Waals surface area contributed by atoms with Gasteiger partial charge in [-0.3, -0.25) is 20.0 Å². The molecule has 0 atom stereocenters. The summed E-state index contributed by atoms with van der Waals surface area (Å²) in [7, 11) is 0. The molecule has 0 radical (unpaired) electrons. The minimum absolute atomic E-state index is 0.0495. The van der Waals surface area contributed by atoms with Gasteiger partial charge in [-0.2, -0.15) is 0 Å². The van der Waals surface area contributed by atoms with E-state index in [1.807, 2.05) is 12.4 Å². The third-order valence-corrected chi connectivity index (χ3v) is 11.5. The average Bonchev–Trinajstić information content (AvgIpc) is 3.64. The molecule has 0 aliphatic carbocycles. The smallest absolute Gasteiger partial charge is 0.117 e. The average molecular weight is 635 g/mol. The fraction of sp³-hybridized carbons (Fsp3) is 0.200. The Labute approximate surface area is 278 Å². The molecule has 4 nitrogen and oxygen atoms in total. The molecule has 0 N–H and O–H groups in total. The van der Waals surface area contributed by atoms with Gasteiger partial charge in [0.1, 0.15) is 10.1 Å². The summed E-state index contributed by atoms with van der Waals surface area (Å²) < 4.78 is 0. The Morgan fingerprint density at radius 3 is 1.43 bits per heavy atom. The molecule has 8 rings (SSSR count). The van der Waals surface area contributed by atoms with Crippen LogP contribution < -0.4 is 0 Å². The van der Waals surface area contributed by atoms with Crippen LogP contribution in [0.4, 0.5) is 0 Å². The molecule has 46 heavy (non-hydrogen) atoms. The molecule has 0 saturated heterocycles. The Kier molecular flexibility index (Phi) is 7.11. The molecule has 0 amide bonds. The highest BCUT2D eigenvalue weighted by atomic mass is 32.2. The van der Waals surface area contributed by atoms with E-state index in [9.17, 15) is 0 Å². The van der Waals surface area contributed by atoms with Crippen LogP contribution in [-0.4, -0.2) is 42.6 Å². The van der Waals surface area contributed by atoms with E-state index in [-0.39, 0.29) is 11.1 Å². The van der Waals surface area contributed by atoms with Crippen LogP contribution in [0.2, 0.25) is 0 Å². The predicted octanol–water partition coefficient (Wildman–Crippen LogP) is 10.3. The van der Waals surface area contributed by atoms with Crippen LogP contribution in [0.25, 0.3) is 54.9 Å². The number of hydrogen-bond acceptors (Lipinski definition) is 6. The van der Waals surface area contributed by atoms with Crippen LogP contribution in [0, 0.1) is 0 Å². The number of fused-ring (bicyclic) bond motifs is 2. The maximum atomic E-state index is 4.96. The zero-order valence-corrected chi connectivity index (χ0v) is 28.0. The topological polar surface area (TPSA) is 50.5 Å². The standard InChI is InChI=1S/C40H34N4S2/c1-39(2)23-45-37(43-39)33-18-15-27(21-41-33)35-29-12-8-9-13-30(29)36(28-16-19-34(42-22-28)38-44-40(3,4)24-46-38)32-20-26(14-17-31(32)35)25-10-6-5-7-11-25/h5-22H,23-24H2,1-4H3. The number of thioether (sulfide) groups is 2. The quantitative estimate of drug-likeness (QED) is 0.177. The van der Waals surface area contributed by atoms with Crippen LogP contribution in [0.1, 0.15) is 39.1 Å². The van der Waals surface area contributed by atoms with E-state index in [1.165, 1.54) is 43.8 Å².